The Balaban J connectivity index is 1.76. The van der Waals surface area contributed by atoms with Crippen LogP contribution in [0.3, 0.4) is 0 Å². The molecule has 4 nitrogen and oxygen atoms in total. The molecular formula is C16H13N3OS. The van der Waals surface area contributed by atoms with Gasteiger partial charge in [0.2, 0.25) is 0 Å². The number of hydrogen-bond donors (Lipinski definition) is 1. The van der Waals surface area contributed by atoms with Gasteiger partial charge in [0.05, 0.1) is 5.56 Å². The lowest BCUT2D eigenvalue weighted by atomic mass is 10.1. The first kappa shape index (κ1) is 13.5. The summed E-state index contributed by atoms with van der Waals surface area (Å²) in [6.07, 6.45) is 4.99. The highest BCUT2D eigenvalue weighted by Gasteiger charge is 2.09. The summed E-state index contributed by atoms with van der Waals surface area (Å²) < 4.78 is 0. The first-order valence-electron chi connectivity index (χ1n) is 6.50. The minimum Gasteiger partial charge on any atom is -0.348 e. The third-order valence-electron chi connectivity index (χ3n) is 3.04. The van der Waals surface area contributed by atoms with E-state index in [1.54, 1.807) is 42.1 Å². The molecule has 2 aromatic heterocycles. The fourth-order valence-corrected chi connectivity index (χ4v) is 2.71. The maximum Gasteiger partial charge on any atom is 0.253 e. The van der Waals surface area contributed by atoms with E-state index in [1.165, 1.54) is 0 Å². The van der Waals surface area contributed by atoms with Crippen molar-refractivity contribution in [3.05, 3.63) is 71.5 Å². The Bertz CT molecular complexity index is 726. The van der Waals surface area contributed by atoms with Gasteiger partial charge in [0, 0.05) is 36.1 Å². The van der Waals surface area contributed by atoms with Gasteiger partial charge in [-0.1, -0.05) is 24.3 Å². The van der Waals surface area contributed by atoms with Gasteiger partial charge in [0.25, 0.3) is 5.91 Å². The number of nitrogens with zero attached hydrogens (tertiary/aromatic N) is 2. The maximum absolute atomic E-state index is 12.1. The van der Waals surface area contributed by atoms with Crippen LogP contribution in [0.2, 0.25) is 0 Å². The first-order chi connectivity index (χ1) is 10.3. The fourth-order valence-electron chi connectivity index (χ4n) is 2.01. The Morgan fingerprint density at radius 2 is 2.05 bits per heavy atom. The summed E-state index contributed by atoms with van der Waals surface area (Å²) in [6.45, 7) is 0.462. The molecule has 0 saturated carbocycles. The molecule has 0 radical (unpaired) electrons. The van der Waals surface area contributed by atoms with Crippen molar-refractivity contribution in [3.63, 3.8) is 0 Å². The molecule has 3 aromatic rings. The lowest BCUT2D eigenvalue weighted by Crippen LogP contribution is -2.23. The van der Waals surface area contributed by atoms with Crippen molar-refractivity contribution in [2.45, 2.75) is 6.54 Å². The molecule has 2 heterocycles. The summed E-state index contributed by atoms with van der Waals surface area (Å²) in [5.74, 6) is -0.128. The number of pyridine rings is 1. The molecule has 1 N–H and O–H groups in total. The molecule has 0 fully saturated rings. The van der Waals surface area contributed by atoms with Crippen LogP contribution in [-0.4, -0.2) is 15.9 Å². The average molecular weight is 295 g/mol. The van der Waals surface area contributed by atoms with Crippen LogP contribution in [0.1, 0.15) is 15.9 Å². The number of carbonyl (C=O) groups is 1. The van der Waals surface area contributed by atoms with Gasteiger partial charge >= 0.3 is 0 Å². The summed E-state index contributed by atoms with van der Waals surface area (Å²) >= 11 is 1.59. The van der Waals surface area contributed by atoms with E-state index >= 15 is 0 Å². The number of rotatable bonds is 4. The predicted octanol–water partition coefficient (Wildman–Crippen LogP) is 3.14. The van der Waals surface area contributed by atoms with Crippen molar-refractivity contribution in [1.82, 2.24) is 15.3 Å². The minimum atomic E-state index is -0.128. The second-order valence-corrected chi connectivity index (χ2v) is 5.31. The molecule has 0 aliphatic rings. The highest BCUT2D eigenvalue weighted by Crippen LogP contribution is 2.25. The summed E-state index contributed by atoms with van der Waals surface area (Å²) in [6, 6.07) is 11.4. The summed E-state index contributed by atoms with van der Waals surface area (Å²) in [4.78, 5) is 20.3. The van der Waals surface area contributed by atoms with E-state index in [2.05, 4.69) is 15.3 Å². The summed E-state index contributed by atoms with van der Waals surface area (Å²) in [7, 11) is 0. The summed E-state index contributed by atoms with van der Waals surface area (Å²) in [5.41, 5.74) is 2.66. The fraction of sp³-hybridized carbons (Fsp3) is 0.0625. The van der Waals surface area contributed by atoms with Crippen LogP contribution in [0.4, 0.5) is 0 Å². The molecule has 0 aliphatic heterocycles. The molecule has 0 bridgehead atoms. The van der Waals surface area contributed by atoms with E-state index in [0.29, 0.717) is 12.1 Å². The van der Waals surface area contributed by atoms with E-state index < -0.39 is 0 Å². The third kappa shape index (κ3) is 3.14. The van der Waals surface area contributed by atoms with Crippen molar-refractivity contribution in [1.29, 1.82) is 0 Å². The Labute approximate surface area is 126 Å². The largest absolute Gasteiger partial charge is 0.348 e. The molecule has 0 spiro atoms. The van der Waals surface area contributed by atoms with E-state index in [0.717, 1.165) is 16.1 Å². The number of hydrogen-bond acceptors (Lipinski definition) is 4. The maximum atomic E-state index is 12.1. The number of amides is 1. The molecule has 0 saturated heterocycles. The highest BCUT2D eigenvalue weighted by molar-refractivity contribution is 7.13. The van der Waals surface area contributed by atoms with E-state index in [9.17, 15) is 4.79 Å². The summed E-state index contributed by atoms with van der Waals surface area (Å²) in [5, 5.41) is 5.82. The molecule has 104 valence electrons. The molecule has 0 unspecified atom stereocenters. The van der Waals surface area contributed by atoms with Crippen molar-refractivity contribution in [2.75, 3.05) is 0 Å². The quantitative estimate of drug-likeness (QED) is 0.804. The van der Waals surface area contributed by atoms with Gasteiger partial charge in [0.15, 0.2) is 0 Å². The zero-order valence-corrected chi connectivity index (χ0v) is 12.0. The van der Waals surface area contributed by atoms with Gasteiger partial charge in [0.1, 0.15) is 5.01 Å². The molecule has 5 heteroatoms. The van der Waals surface area contributed by atoms with E-state index in [4.69, 9.17) is 0 Å². The van der Waals surface area contributed by atoms with Crippen LogP contribution in [0.15, 0.2) is 60.4 Å². The van der Waals surface area contributed by atoms with Gasteiger partial charge in [-0.2, -0.15) is 0 Å². The van der Waals surface area contributed by atoms with E-state index in [1.807, 2.05) is 29.6 Å². The molecule has 21 heavy (non-hydrogen) atoms. The minimum absolute atomic E-state index is 0.128. The second kappa shape index (κ2) is 6.28. The molecular weight excluding hydrogens is 282 g/mol. The average Bonchev–Trinajstić information content (AvgIpc) is 3.08. The van der Waals surface area contributed by atoms with Crippen LogP contribution in [-0.2, 0) is 6.54 Å². The topological polar surface area (TPSA) is 54.9 Å². The van der Waals surface area contributed by atoms with Crippen LogP contribution in [0.5, 0.6) is 0 Å². The Kier molecular flexibility index (Phi) is 4.02. The van der Waals surface area contributed by atoms with E-state index in [-0.39, 0.29) is 5.91 Å². The van der Waals surface area contributed by atoms with Gasteiger partial charge < -0.3 is 5.32 Å². The smallest absolute Gasteiger partial charge is 0.253 e. The van der Waals surface area contributed by atoms with Crippen molar-refractivity contribution < 1.29 is 4.79 Å². The number of nitrogens with one attached hydrogen (secondary N) is 1. The van der Waals surface area contributed by atoms with Gasteiger partial charge in [-0.05, 0) is 17.7 Å². The van der Waals surface area contributed by atoms with Gasteiger partial charge in [-0.25, -0.2) is 4.98 Å². The normalized spacial score (nSPS) is 10.3. The van der Waals surface area contributed by atoms with Gasteiger partial charge in [-0.15, -0.1) is 11.3 Å². The molecule has 3 rings (SSSR count). The molecule has 0 atom stereocenters. The Morgan fingerprint density at radius 3 is 2.81 bits per heavy atom. The third-order valence-corrected chi connectivity index (χ3v) is 3.85. The highest BCUT2D eigenvalue weighted by atomic mass is 32.1. The van der Waals surface area contributed by atoms with Crippen molar-refractivity contribution >= 4 is 17.2 Å². The van der Waals surface area contributed by atoms with Crippen LogP contribution >= 0.6 is 11.3 Å². The lowest BCUT2D eigenvalue weighted by molar-refractivity contribution is 0.0950. The number of benzene rings is 1. The first-order valence-corrected chi connectivity index (χ1v) is 7.38. The Hall–Kier alpha value is -2.53. The van der Waals surface area contributed by atoms with Crippen LogP contribution < -0.4 is 5.32 Å². The van der Waals surface area contributed by atoms with Crippen molar-refractivity contribution in [2.24, 2.45) is 0 Å². The molecule has 1 amide bonds. The standard InChI is InChI=1S/C16H13N3OS/c20-15(13-5-3-7-17-10-13)19-11-12-4-1-2-6-14(12)16-18-8-9-21-16/h1-10H,11H2,(H,19,20). The van der Waals surface area contributed by atoms with Crippen molar-refractivity contribution in [3.8, 4) is 10.6 Å². The number of thiazole rings is 1. The van der Waals surface area contributed by atoms with Crippen LogP contribution in [0.25, 0.3) is 10.6 Å². The Morgan fingerprint density at radius 1 is 1.14 bits per heavy atom. The molecule has 1 aromatic carbocycles. The SMILES string of the molecule is O=C(NCc1ccccc1-c1nccs1)c1cccnc1. The predicted molar refractivity (Wildman–Crippen MR) is 83.0 cm³/mol. The second-order valence-electron chi connectivity index (χ2n) is 4.42. The number of aromatic nitrogens is 2. The monoisotopic (exact) mass is 295 g/mol. The zero-order valence-electron chi connectivity index (χ0n) is 11.2. The zero-order chi connectivity index (χ0) is 14.5. The lowest BCUT2D eigenvalue weighted by Gasteiger charge is -2.09. The number of carbonyl (C=O) groups excluding carboxylic acids is 1. The molecule has 0 aliphatic carbocycles. The van der Waals surface area contributed by atoms with Crippen LogP contribution in [0, 0.1) is 0 Å². The van der Waals surface area contributed by atoms with Gasteiger partial charge in [-0.3, -0.25) is 9.78 Å².